The van der Waals surface area contributed by atoms with Gasteiger partial charge < -0.3 is 14.9 Å². The number of ether oxygens (including phenoxy) is 1. The third-order valence-corrected chi connectivity index (χ3v) is 9.49. The van der Waals surface area contributed by atoms with Crippen molar-refractivity contribution in [1.82, 2.24) is 0 Å². The molecule has 1 heterocycles. The van der Waals surface area contributed by atoms with Gasteiger partial charge >= 0.3 is 0 Å². The van der Waals surface area contributed by atoms with Crippen LogP contribution >= 0.6 is 0 Å². The summed E-state index contributed by atoms with van der Waals surface area (Å²) in [5.41, 5.74) is 2.19. The number of aliphatic hydroxyl groups is 2. The average molecular weight is 347 g/mol. The molecule has 0 aromatic carbocycles. The van der Waals surface area contributed by atoms with E-state index in [1.807, 2.05) is 0 Å². The van der Waals surface area contributed by atoms with Crippen molar-refractivity contribution in [2.75, 3.05) is 0 Å². The van der Waals surface area contributed by atoms with Crippen LogP contribution in [0.25, 0.3) is 0 Å². The largest absolute Gasteiger partial charge is 0.393 e. The Bertz CT molecular complexity index is 600. The van der Waals surface area contributed by atoms with Crippen LogP contribution in [0.2, 0.25) is 0 Å². The van der Waals surface area contributed by atoms with E-state index in [4.69, 9.17) is 4.74 Å². The maximum Gasteiger partial charge on any atom is 0.157 e. The first kappa shape index (κ1) is 16.8. The quantitative estimate of drug-likeness (QED) is 0.654. The predicted molar refractivity (Wildman–Crippen MR) is 96.6 cm³/mol. The second-order valence-corrected chi connectivity index (χ2v) is 10.4. The summed E-state index contributed by atoms with van der Waals surface area (Å²) in [6, 6.07) is 0. The summed E-state index contributed by atoms with van der Waals surface area (Å²) in [6.45, 7) is 7.18. The molecule has 0 spiro atoms. The van der Waals surface area contributed by atoms with Gasteiger partial charge in [0.15, 0.2) is 6.29 Å². The normalized spacial score (nSPS) is 60.3. The monoisotopic (exact) mass is 346 g/mol. The molecule has 25 heavy (non-hydrogen) atoms. The van der Waals surface area contributed by atoms with E-state index in [-0.39, 0.29) is 18.1 Å². The van der Waals surface area contributed by atoms with Gasteiger partial charge in [0.1, 0.15) is 0 Å². The Hall–Kier alpha value is -0.380. The van der Waals surface area contributed by atoms with Crippen LogP contribution in [-0.2, 0) is 4.74 Å². The molecule has 0 aromatic rings. The van der Waals surface area contributed by atoms with Crippen molar-refractivity contribution in [3.63, 3.8) is 0 Å². The lowest BCUT2D eigenvalue weighted by Gasteiger charge is -2.58. The van der Waals surface area contributed by atoms with Crippen molar-refractivity contribution in [3.05, 3.63) is 11.6 Å². The molecule has 3 saturated carbocycles. The molecule has 2 N–H and O–H groups in total. The van der Waals surface area contributed by atoms with Crippen LogP contribution in [0.4, 0.5) is 0 Å². The highest BCUT2D eigenvalue weighted by Crippen LogP contribution is 2.68. The summed E-state index contributed by atoms with van der Waals surface area (Å²) in [5, 5.41) is 20.3. The summed E-state index contributed by atoms with van der Waals surface area (Å²) < 4.78 is 5.99. The summed E-state index contributed by atoms with van der Waals surface area (Å²) in [7, 11) is 0. The molecule has 0 amide bonds. The highest BCUT2D eigenvalue weighted by atomic mass is 16.6. The summed E-state index contributed by atoms with van der Waals surface area (Å²) in [6.07, 6.45) is 10.1. The molecule has 4 aliphatic carbocycles. The molecule has 5 rings (SSSR count). The SMILES string of the molecule is C[C@@H]1C(O)O[C@H]2CC3C4CC=C5C[C@@H](O)CCC5(C)C4CCC3(C)C12. The number of aliphatic hydroxyl groups excluding tert-OH is 2. The van der Waals surface area contributed by atoms with Gasteiger partial charge in [-0.3, -0.25) is 0 Å². The third-order valence-electron chi connectivity index (χ3n) is 9.49. The smallest absolute Gasteiger partial charge is 0.157 e. The van der Waals surface area contributed by atoms with E-state index < -0.39 is 6.29 Å². The third kappa shape index (κ3) is 2.09. The van der Waals surface area contributed by atoms with Gasteiger partial charge in [-0.2, -0.15) is 0 Å². The second kappa shape index (κ2) is 5.33. The van der Waals surface area contributed by atoms with Gasteiger partial charge in [0, 0.05) is 5.92 Å². The van der Waals surface area contributed by atoms with Crippen molar-refractivity contribution < 1.29 is 14.9 Å². The lowest BCUT2D eigenvalue weighted by molar-refractivity contribution is -0.117. The zero-order valence-electron chi connectivity index (χ0n) is 15.9. The molecule has 1 saturated heterocycles. The molecular formula is C22H34O3. The highest BCUT2D eigenvalue weighted by molar-refractivity contribution is 5.26. The Morgan fingerprint density at radius 1 is 1.12 bits per heavy atom. The maximum absolute atomic E-state index is 10.2. The molecule has 7 unspecified atom stereocenters. The minimum atomic E-state index is -0.555. The van der Waals surface area contributed by atoms with Crippen molar-refractivity contribution in [1.29, 1.82) is 0 Å². The first-order chi connectivity index (χ1) is 11.8. The molecule has 10 atom stereocenters. The standard InChI is InChI=1S/C22H34O3/c1-12-19-18(25-20(12)24)11-17-15-5-4-13-10-14(23)6-8-21(13,2)16(15)7-9-22(17,19)3/h4,12,14-20,23-24H,5-11H2,1-3H3/t12-,14-,15?,16?,17?,18-,19?,20?,21?,22?/m0/s1. The Labute approximate surface area is 151 Å². The lowest BCUT2D eigenvalue weighted by atomic mass is 9.47. The fourth-order valence-corrected chi connectivity index (χ4v) is 8.23. The summed E-state index contributed by atoms with van der Waals surface area (Å²) >= 11 is 0. The van der Waals surface area contributed by atoms with Crippen LogP contribution in [0.15, 0.2) is 11.6 Å². The summed E-state index contributed by atoms with van der Waals surface area (Å²) in [5.74, 6) is 3.07. The Morgan fingerprint density at radius 2 is 1.92 bits per heavy atom. The molecule has 140 valence electrons. The van der Waals surface area contributed by atoms with E-state index in [0.717, 1.165) is 43.4 Å². The van der Waals surface area contributed by atoms with E-state index in [1.165, 1.54) is 19.3 Å². The van der Waals surface area contributed by atoms with E-state index in [0.29, 0.717) is 16.7 Å². The highest BCUT2D eigenvalue weighted by Gasteiger charge is 2.64. The van der Waals surface area contributed by atoms with Crippen molar-refractivity contribution >= 4 is 0 Å². The van der Waals surface area contributed by atoms with Crippen LogP contribution in [0.5, 0.6) is 0 Å². The first-order valence-electron chi connectivity index (χ1n) is 10.6. The van der Waals surface area contributed by atoms with Crippen molar-refractivity contribution in [2.45, 2.75) is 84.2 Å². The van der Waals surface area contributed by atoms with Crippen LogP contribution in [0, 0.1) is 40.4 Å². The van der Waals surface area contributed by atoms with Gasteiger partial charge in [-0.05, 0) is 79.4 Å². The maximum atomic E-state index is 10.2. The molecule has 0 aromatic heterocycles. The number of fused-ring (bicyclic) bond motifs is 7. The minimum absolute atomic E-state index is 0.119. The molecule has 1 aliphatic heterocycles. The number of hydrogen-bond acceptors (Lipinski definition) is 3. The van der Waals surface area contributed by atoms with E-state index in [1.54, 1.807) is 5.57 Å². The Balaban J connectivity index is 1.48. The molecule has 4 fully saturated rings. The molecule has 3 heteroatoms. The zero-order valence-corrected chi connectivity index (χ0v) is 15.9. The first-order valence-corrected chi connectivity index (χ1v) is 10.6. The van der Waals surface area contributed by atoms with Crippen molar-refractivity contribution in [3.8, 4) is 0 Å². The lowest BCUT2D eigenvalue weighted by Crippen LogP contribution is -2.51. The predicted octanol–water partition coefficient (Wildman–Crippen LogP) is 3.89. The average Bonchev–Trinajstić information content (AvgIpc) is 3.02. The minimum Gasteiger partial charge on any atom is -0.393 e. The Kier molecular flexibility index (Phi) is 3.57. The zero-order chi connectivity index (χ0) is 17.6. The van der Waals surface area contributed by atoms with Gasteiger partial charge in [-0.1, -0.05) is 32.4 Å². The van der Waals surface area contributed by atoms with E-state index >= 15 is 0 Å². The van der Waals surface area contributed by atoms with Crippen LogP contribution in [0.1, 0.15) is 65.7 Å². The molecule has 0 radical (unpaired) electrons. The number of rotatable bonds is 0. The van der Waals surface area contributed by atoms with Gasteiger partial charge in [0.2, 0.25) is 0 Å². The fraction of sp³-hybridized carbons (Fsp3) is 0.909. The van der Waals surface area contributed by atoms with Gasteiger partial charge in [-0.15, -0.1) is 0 Å². The van der Waals surface area contributed by atoms with E-state index in [2.05, 4.69) is 26.8 Å². The van der Waals surface area contributed by atoms with Crippen LogP contribution in [-0.4, -0.2) is 28.7 Å². The second-order valence-electron chi connectivity index (χ2n) is 10.4. The van der Waals surface area contributed by atoms with Crippen molar-refractivity contribution in [2.24, 2.45) is 40.4 Å². The number of hydrogen-bond donors (Lipinski definition) is 2. The van der Waals surface area contributed by atoms with Gasteiger partial charge in [0.05, 0.1) is 12.2 Å². The van der Waals surface area contributed by atoms with Gasteiger partial charge in [-0.25, -0.2) is 0 Å². The summed E-state index contributed by atoms with van der Waals surface area (Å²) in [4.78, 5) is 0. The van der Waals surface area contributed by atoms with Gasteiger partial charge in [0.25, 0.3) is 0 Å². The van der Waals surface area contributed by atoms with Crippen LogP contribution < -0.4 is 0 Å². The van der Waals surface area contributed by atoms with E-state index in [9.17, 15) is 10.2 Å². The molecule has 3 nitrogen and oxygen atoms in total. The molecule has 5 aliphatic rings. The molecular weight excluding hydrogens is 312 g/mol. The fourth-order valence-electron chi connectivity index (χ4n) is 8.23. The Morgan fingerprint density at radius 3 is 2.72 bits per heavy atom. The molecule has 0 bridgehead atoms. The topological polar surface area (TPSA) is 49.7 Å². The number of allylic oxidation sites excluding steroid dienone is 1. The van der Waals surface area contributed by atoms with Crippen LogP contribution in [0.3, 0.4) is 0 Å².